The van der Waals surface area contributed by atoms with Gasteiger partial charge in [0.25, 0.3) is 0 Å². The number of anilines is 2. The molecule has 8 N–H and O–H groups in total. The second-order valence-electron chi connectivity index (χ2n) is 5.83. The molecule has 0 aliphatic rings. The minimum atomic E-state index is -2.74. The minimum absolute atomic E-state index is 0. The van der Waals surface area contributed by atoms with Gasteiger partial charge in [-0.1, -0.05) is 18.2 Å². The summed E-state index contributed by atoms with van der Waals surface area (Å²) in [7, 11) is 0. The van der Waals surface area contributed by atoms with Crippen LogP contribution >= 0.6 is 12.4 Å². The number of azo groups is 1. The number of carbonyl (C=O) groups is 3. The van der Waals surface area contributed by atoms with Gasteiger partial charge in [-0.15, -0.1) is 17.5 Å². The van der Waals surface area contributed by atoms with Gasteiger partial charge in [-0.05, 0) is 30.3 Å². The van der Waals surface area contributed by atoms with E-state index in [-0.39, 0.29) is 12.4 Å². The van der Waals surface area contributed by atoms with E-state index in [1.54, 1.807) is 18.2 Å². The predicted molar refractivity (Wildman–Crippen MR) is 110 cm³/mol. The van der Waals surface area contributed by atoms with Gasteiger partial charge in [-0.2, -0.15) is 5.11 Å². The zero-order chi connectivity index (χ0) is 22.0. The average Bonchev–Trinajstić information content (AvgIpc) is 2.61. The van der Waals surface area contributed by atoms with Crippen molar-refractivity contribution in [2.45, 2.75) is 18.4 Å². The summed E-state index contributed by atoms with van der Waals surface area (Å²) in [6.45, 7) is 0. The highest BCUT2D eigenvalue weighted by Gasteiger charge is 2.40. The topological polar surface area (TPSA) is 209 Å². The van der Waals surface area contributed by atoms with Gasteiger partial charge in [-0.3, -0.25) is 9.59 Å². The lowest BCUT2D eigenvalue weighted by Gasteiger charge is -2.18. The first-order valence-electron chi connectivity index (χ1n) is 8.04. The van der Waals surface area contributed by atoms with E-state index >= 15 is 0 Å². The number of aliphatic carboxylic acids is 3. The summed E-state index contributed by atoms with van der Waals surface area (Å²) in [6.07, 6.45) is -2.29. The van der Waals surface area contributed by atoms with Crippen molar-refractivity contribution in [3.05, 3.63) is 48.5 Å². The molecule has 0 aliphatic heterocycles. The number of nitrogens with two attached hydrogens (primary N) is 2. The molecule has 0 aliphatic carbocycles. The zero-order valence-corrected chi connectivity index (χ0v) is 16.3. The van der Waals surface area contributed by atoms with E-state index in [9.17, 15) is 14.4 Å². The number of aliphatic hydroxyl groups is 1. The normalized spacial score (nSPS) is 10.4. The molecule has 0 saturated heterocycles. The SMILES string of the molecule is Cl.Nc1ccc(N=Nc2ccccc2)c(N)c1.O=C(O)CC(O)(CC(=O)O)C(=O)O. The van der Waals surface area contributed by atoms with Crippen molar-refractivity contribution < 1.29 is 34.8 Å². The van der Waals surface area contributed by atoms with Crippen molar-refractivity contribution >= 4 is 53.1 Å². The molecule has 162 valence electrons. The maximum Gasteiger partial charge on any atom is 0.336 e. The van der Waals surface area contributed by atoms with Crippen LogP contribution in [-0.2, 0) is 14.4 Å². The van der Waals surface area contributed by atoms with Crippen molar-refractivity contribution in [2.75, 3.05) is 11.5 Å². The van der Waals surface area contributed by atoms with Gasteiger partial charge < -0.3 is 31.9 Å². The average molecular weight is 441 g/mol. The molecule has 0 amide bonds. The summed E-state index contributed by atoms with van der Waals surface area (Å²) in [5.74, 6) is -5.02. The Hall–Kier alpha value is -3.70. The first-order chi connectivity index (χ1) is 13.5. The first kappa shape index (κ1) is 26.3. The monoisotopic (exact) mass is 440 g/mol. The van der Waals surface area contributed by atoms with Crippen molar-refractivity contribution in [3.8, 4) is 0 Å². The molecule has 0 unspecified atom stereocenters. The molecule has 0 aromatic heterocycles. The largest absolute Gasteiger partial charge is 0.481 e. The van der Waals surface area contributed by atoms with Crippen molar-refractivity contribution in [1.29, 1.82) is 0 Å². The van der Waals surface area contributed by atoms with Crippen molar-refractivity contribution in [3.63, 3.8) is 0 Å². The molecular formula is C18H21ClN4O7. The highest BCUT2D eigenvalue weighted by molar-refractivity contribution is 5.88. The predicted octanol–water partition coefficient (Wildman–Crippen LogP) is 2.44. The Balaban J connectivity index is 0.000000557. The van der Waals surface area contributed by atoms with Crippen LogP contribution in [0.1, 0.15) is 12.8 Å². The fourth-order valence-electron chi connectivity index (χ4n) is 1.98. The molecule has 11 nitrogen and oxygen atoms in total. The Kier molecular flexibility index (Phi) is 10.5. The number of hydrogen-bond donors (Lipinski definition) is 6. The molecule has 12 heteroatoms. The number of nitrogen functional groups attached to an aromatic ring is 2. The van der Waals surface area contributed by atoms with Gasteiger partial charge in [0.2, 0.25) is 0 Å². The Labute approximate surface area is 177 Å². The van der Waals surface area contributed by atoms with E-state index in [0.29, 0.717) is 17.1 Å². The fraction of sp³-hybridized carbons (Fsp3) is 0.167. The Morgan fingerprint density at radius 1 is 0.867 bits per heavy atom. The number of carboxylic acid groups (broad SMARTS) is 3. The van der Waals surface area contributed by atoms with Crippen LogP contribution < -0.4 is 11.5 Å². The molecule has 0 atom stereocenters. The van der Waals surface area contributed by atoms with Crippen LogP contribution in [0.15, 0.2) is 58.8 Å². The van der Waals surface area contributed by atoms with Gasteiger partial charge >= 0.3 is 17.9 Å². The summed E-state index contributed by atoms with van der Waals surface area (Å²) in [5.41, 5.74) is 11.2. The van der Waals surface area contributed by atoms with Gasteiger partial charge in [0.15, 0.2) is 5.60 Å². The zero-order valence-electron chi connectivity index (χ0n) is 15.5. The molecular weight excluding hydrogens is 420 g/mol. The number of nitrogens with zero attached hydrogens (tertiary/aromatic N) is 2. The Bertz CT molecular complexity index is 891. The van der Waals surface area contributed by atoms with Crippen molar-refractivity contribution in [2.24, 2.45) is 10.2 Å². The smallest absolute Gasteiger partial charge is 0.336 e. The van der Waals surface area contributed by atoms with E-state index in [1.807, 2.05) is 30.3 Å². The summed E-state index contributed by atoms with van der Waals surface area (Å²) in [5, 5.41) is 41.9. The van der Waals surface area contributed by atoms with E-state index in [0.717, 1.165) is 5.69 Å². The van der Waals surface area contributed by atoms with E-state index in [1.165, 1.54) is 0 Å². The van der Waals surface area contributed by atoms with Crippen LogP contribution in [0.4, 0.5) is 22.7 Å². The van der Waals surface area contributed by atoms with Gasteiger partial charge in [0.05, 0.1) is 24.2 Å². The number of hydrogen-bond acceptors (Lipinski definition) is 8. The maximum absolute atomic E-state index is 10.3. The van der Waals surface area contributed by atoms with Crippen LogP contribution in [0.5, 0.6) is 0 Å². The van der Waals surface area contributed by atoms with Crippen LogP contribution in [0, 0.1) is 0 Å². The summed E-state index contributed by atoms with van der Waals surface area (Å²) >= 11 is 0. The van der Waals surface area contributed by atoms with Crippen molar-refractivity contribution in [1.82, 2.24) is 0 Å². The van der Waals surface area contributed by atoms with Gasteiger partial charge in [0, 0.05) is 5.69 Å². The third-order valence-corrected chi connectivity index (χ3v) is 3.37. The lowest BCUT2D eigenvalue weighted by molar-refractivity contribution is -0.170. The van der Waals surface area contributed by atoms with Crippen LogP contribution in [0.25, 0.3) is 0 Å². The molecule has 0 saturated carbocycles. The van der Waals surface area contributed by atoms with E-state index in [2.05, 4.69) is 10.2 Å². The Morgan fingerprint density at radius 3 is 1.83 bits per heavy atom. The molecule has 0 heterocycles. The molecule has 2 aromatic carbocycles. The lowest BCUT2D eigenvalue weighted by Crippen LogP contribution is -2.42. The highest BCUT2D eigenvalue weighted by Crippen LogP contribution is 2.26. The minimum Gasteiger partial charge on any atom is -0.481 e. The number of rotatable bonds is 7. The van der Waals surface area contributed by atoms with Crippen LogP contribution in [-0.4, -0.2) is 43.9 Å². The summed E-state index contributed by atoms with van der Waals surface area (Å²) < 4.78 is 0. The molecule has 2 rings (SSSR count). The molecule has 30 heavy (non-hydrogen) atoms. The molecule has 0 radical (unpaired) electrons. The van der Waals surface area contributed by atoms with Crippen LogP contribution in [0.3, 0.4) is 0 Å². The van der Waals surface area contributed by atoms with Gasteiger partial charge in [0.1, 0.15) is 5.69 Å². The second kappa shape index (κ2) is 12.0. The quantitative estimate of drug-likeness (QED) is 0.275. The second-order valence-corrected chi connectivity index (χ2v) is 5.83. The first-order valence-corrected chi connectivity index (χ1v) is 8.04. The summed E-state index contributed by atoms with van der Waals surface area (Å²) in [4.78, 5) is 30.5. The number of carboxylic acids is 3. The fourth-order valence-corrected chi connectivity index (χ4v) is 1.98. The third kappa shape index (κ3) is 8.99. The Morgan fingerprint density at radius 2 is 1.40 bits per heavy atom. The molecule has 0 spiro atoms. The van der Waals surface area contributed by atoms with E-state index in [4.69, 9.17) is 31.9 Å². The lowest BCUT2D eigenvalue weighted by atomic mass is 9.96. The molecule has 0 fully saturated rings. The van der Waals surface area contributed by atoms with Gasteiger partial charge in [-0.25, -0.2) is 4.79 Å². The number of benzene rings is 2. The highest BCUT2D eigenvalue weighted by atomic mass is 35.5. The number of halogens is 1. The molecule has 0 bridgehead atoms. The molecule has 2 aromatic rings. The van der Waals surface area contributed by atoms with E-state index < -0.39 is 36.4 Å². The van der Waals surface area contributed by atoms with Crippen LogP contribution in [0.2, 0.25) is 0 Å². The summed E-state index contributed by atoms with van der Waals surface area (Å²) in [6, 6.07) is 14.6. The maximum atomic E-state index is 10.3. The third-order valence-electron chi connectivity index (χ3n) is 3.37. The standard InChI is InChI=1S/C12H12N4.C6H8O7.ClH/c13-9-6-7-12(11(14)8-9)16-15-10-4-2-1-3-5-10;7-3(8)1-6(13,5(11)12)2-4(9)10;/h1-8H,13-14H2;13H,1-2H2,(H,7,8)(H,9,10)(H,11,12);1H.